The molecule has 0 atom stereocenters. The highest BCUT2D eigenvalue weighted by molar-refractivity contribution is 9.10. The van der Waals surface area contributed by atoms with Crippen LogP contribution in [0.3, 0.4) is 0 Å². The fourth-order valence-corrected chi connectivity index (χ4v) is 5.69. The Balaban J connectivity index is 1.57. The summed E-state index contributed by atoms with van der Waals surface area (Å²) >= 11 is 3.59. The molecule has 0 saturated heterocycles. The number of hydrogen-bond donors (Lipinski definition) is 1. The summed E-state index contributed by atoms with van der Waals surface area (Å²) in [4.78, 5) is 30.2. The smallest absolute Gasteiger partial charge is 0.335 e. The molecule has 5 rings (SSSR count). The number of carbonyl (C=O) groups is 1. The van der Waals surface area contributed by atoms with Crippen molar-refractivity contribution >= 4 is 39.0 Å². The normalized spacial score (nSPS) is 11.4. The topological polar surface area (TPSA) is 112 Å². The Labute approximate surface area is 275 Å². The Bertz CT molecular complexity index is 2020. The van der Waals surface area contributed by atoms with Crippen molar-refractivity contribution in [2.45, 2.75) is 40.2 Å². The van der Waals surface area contributed by atoms with E-state index in [1.54, 1.807) is 49.7 Å². The van der Waals surface area contributed by atoms with Crippen LogP contribution < -0.4 is 19.8 Å². The molecule has 1 N–H and O–H groups in total. The first-order valence-electron chi connectivity index (χ1n) is 14.8. The highest BCUT2D eigenvalue weighted by Crippen LogP contribution is 2.38. The lowest BCUT2D eigenvalue weighted by atomic mass is 9.96. The van der Waals surface area contributed by atoms with E-state index in [9.17, 15) is 14.7 Å². The number of para-hydroxylation sites is 1. The quantitative estimate of drug-likeness (QED) is 0.141. The first kappa shape index (κ1) is 32.4. The average molecular weight is 685 g/mol. The summed E-state index contributed by atoms with van der Waals surface area (Å²) in [7, 11) is 1.65. The average Bonchev–Trinajstić information content (AvgIpc) is 3.04. The lowest BCUT2D eigenvalue weighted by molar-refractivity contribution is 0.0696. The van der Waals surface area contributed by atoms with Crippen molar-refractivity contribution in [2.75, 3.05) is 13.7 Å². The van der Waals surface area contributed by atoms with Gasteiger partial charge in [0.05, 0.1) is 40.9 Å². The van der Waals surface area contributed by atoms with E-state index < -0.39 is 5.97 Å². The standard InChI is InChI=1S/C36H34BrN3O6/c1-6-45-32-17-24(16-29(37)33(32)46-20-23-10-9-11-25(15-23)36(42)43)19-38-40-34(39-30-13-8-7-12-26(30)35(40)41)28-18-27(21(2)3)31(44-5)14-22(28)4/h7-19,21H,6,20H2,1-5H3,(H,42,43). The van der Waals surface area contributed by atoms with Crippen LogP contribution in [0, 0.1) is 6.92 Å². The fourth-order valence-electron chi connectivity index (χ4n) is 5.11. The number of halogens is 1. The summed E-state index contributed by atoms with van der Waals surface area (Å²) < 4.78 is 19.6. The first-order valence-corrected chi connectivity index (χ1v) is 15.6. The number of rotatable bonds is 11. The van der Waals surface area contributed by atoms with Gasteiger partial charge in [-0.15, -0.1) is 0 Å². The monoisotopic (exact) mass is 683 g/mol. The highest BCUT2D eigenvalue weighted by atomic mass is 79.9. The van der Waals surface area contributed by atoms with Crippen molar-refractivity contribution in [2.24, 2.45) is 5.10 Å². The molecular formula is C36H34BrN3O6. The zero-order valence-electron chi connectivity index (χ0n) is 26.2. The van der Waals surface area contributed by atoms with Gasteiger partial charge in [-0.25, -0.2) is 9.78 Å². The Hall–Kier alpha value is -4.96. The third-order valence-corrected chi connectivity index (χ3v) is 7.99. The second kappa shape index (κ2) is 14.0. The van der Waals surface area contributed by atoms with E-state index >= 15 is 0 Å². The molecular weight excluding hydrogens is 650 g/mol. The van der Waals surface area contributed by atoms with Gasteiger partial charge in [0.15, 0.2) is 17.3 Å². The van der Waals surface area contributed by atoms with Crippen LogP contribution in [0.2, 0.25) is 0 Å². The van der Waals surface area contributed by atoms with E-state index in [-0.39, 0.29) is 23.6 Å². The van der Waals surface area contributed by atoms with Crippen LogP contribution in [0.1, 0.15) is 59.3 Å². The molecule has 236 valence electrons. The van der Waals surface area contributed by atoms with Crippen LogP contribution >= 0.6 is 15.9 Å². The molecule has 4 aromatic carbocycles. The Kier molecular flexibility index (Phi) is 9.87. The van der Waals surface area contributed by atoms with Crippen molar-refractivity contribution in [3.05, 3.63) is 115 Å². The molecule has 0 saturated carbocycles. The molecule has 10 heteroatoms. The number of methoxy groups -OCH3 is 1. The second-order valence-electron chi connectivity index (χ2n) is 10.9. The number of benzene rings is 4. The van der Waals surface area contributed by atoms with Gasteiger partial charge in [-0.05, 0) is 106 Å². The van der Waals surface area contributed by atoms with E-state index in [2.05, 4.69) is 34.9 Å². The molecule has 0 fully saturated rings. The fraction of sp³-hybridized carbons (Fsp3) is 0.222. The molecule has 0 aliphatic carbocycles. The molecule has 5 aromatic rings. The summed E-state index contributed by atoms with van der Waals surface area (Å²) in [5, 5.41) is 14.4. The van der Waals surface area contributed by atoms with Gasteiger partial charge in [0.2, 0.25) is 0 Å². The van der Waals surface area contributed by atoms with Crippen LogP contribution in [0.5, 0.6) is 17.2 Å². The third-order valence-electron chi connectivity index (χ3n) is 7.40. The number of carboxylic acid groups (broad SMARTS) is 1. The molecule has 0 aliphatic rings. The van der Waals surface area contributed by atoms with Crippen molar-refractivity contribution in [1.82, 2.24) is 9.66 Å². The molecule has 46 heavy (non-hydrogen) atoms. The summed E-state index contributed by atoms with van der Waals surface area (Å²) in [6, 6.07) is 21.3. The van der Waals surface area contributed by atoms with Gasteiger partial charge in [-0.3, -0.25) is 4.79 Å². The number of aromatic carboxylic acids is 1. The minimum atomic E-state index is -1.01. The van der Waals surface area contributed by atoms with Gasteiger partial charge >= 0.3 is 5.97 Å². The third kappa shape index (κ3) is 6.82. The summed E-state index contributed by atoms with van der Waals surface area (Å²) in [6.07, 6.45) is 1.58. The maximum absolute atomic E-state index is 13.9. The van der Waals surface area contributed by atoms with E-state index in [4.69, 9.17) is 19.2 Å². The molecule has 1 aromatic heterocycles. The molecule has 0 spiro atoms. The summed E-state index contributed by atoms with van der Waals surface area (Å²) in [5.41, 5.74) is 4.47. The summed E-state index contributed by atoms with van der Waals surface area (Å²) in [6.45, 7) is 8.51. The van der Waals surface area contributed by atoms with Crippen LogP contribution in [0.4, 0.5) is 0 Å². The maximum atomic E-state index is 13.9. The minimum Gasteiger partial charge on any atom is -0.496 e. The minimum absolute atomic E-state index is 0.133. The molecule has 9 nitrogen and oxygen atoms in total. The van der Waals surface area contributed by atoms with Crippen molar-refractivity contribution in [1.29, 1.82) is 0 Å². The second-order valence-corrected chi connectivity index (χ2v) is 11.8. The number of fused-ring (bicyclic) bond motifs is 1. The lowest BCUT2D eigenvalue weighted by Gasteiger charge is -2.17. The van der Waals surface area contributed by atoms with Gasteiger partial charge < -0.3 is 19.3 Å². The molecule has 0 aliphatic heterocycles. The van der Waals surface area contributed by atoms with Crippen molar-refractivity contribution in [3.8, 4) is 28.6 Å². The molecule has 0 unspecified atom stereocenters. The van der Waals surface area contributed by atoms with E-state index in [1.165, 1.54) is 10.7 Å². The zero-order chi connectivity index (χ0) is 33.0. The van der Waals surface area contributed by atoms with Crippen LogP contribution in [-0.2, 0) is 6.61 Å². The lowest BCUT2D eigenvalue weighted by Crippen LogP contribution is -2.20. The molecule has 0 radical (unpaired) electrons. The number of hydrogen-bond acceptors (Lipinski definition) is 7. The maximum Gasteiger partial charge on any atom is 0.335 e. The summed E-state index contributed by atoms with van der Waals surface area (Å²) in [5.74, 6) is 1.28. The predicted molar refractivity (Wildman–Crippen MR) is 183 cm³/mol. The number of aromatic nitrogens is 2. The van der Waals surface area contributed by atoms with Crippen molar-refractivity contribution < 1.29 is 24.1 Å². The van der Waals surface area contributed by atoms with Gasteiger partial charge in [-0.1, -0.05) is 38.1 Å². The number of aryl methyl sites for hydroxylation is 1. The van der Waals surface area contributed by atoms with E-state index in [0.29, 0.717) is 50.4 Å². The number of carboxylic acids is 1. The molecule has 1 heterocycles. The molecule has 0 bridgehead atoms. The van der Waals surface area contributed by atoms with Gasteiger partial charge in [-0.2, -0.15) is 9.78 Å². The van der Waals surface area contributed by atoms with E-state index in [1.807, 2.05) is 44.2 Å². The van der Waals surface area contributed by atoms with Crippen LogP contribution in [-0.4, -0.2) is 40.7 Å². The van der Waals surface area contributed by atoms with Gasteiger partial charge in [0.1, 0.15) is 12.4 Å². The molecule has 0 amide bonds. The van der Waals surface area contributed by atoms with Gasteiger partial charge in [0.25, 0.3) is 5.56 Å². The highest BCUT2D eigenvalue weighted by Gasteiger charge is 2.19. The van der Waals surface area contributed by atoms with E-state index in [0.717, 1.165) is 22.4 Å². The Morgan fingerprint density at radius 2 is 1.83 bits per heavy atom. The SMILES string of the molecule is CCOc1cc(C=Nn2c(-c3cc(C(C)C)c(OC)cc3C)nc3ccccc3c2=O)cc(Br)c1OCc1cccc(C(=O)O)c1. The number of nitrogens with zero attached hydrogens (tertiary/aromatic N) is 3. The zero-order valence-corrected chi connectivity index (χ0v) is 27.8. The van der Waals surface area contributed by atoms with Crippen LogP contribution in [0.15, 0.2) is 87.2 Å². The van der Waals surface area contributed by atoms with Crippen molar-refractivity contribution in [3.63, 3.8) is 0 Å². The van der Waals surface area contributed by atoms with Gasteiger partial charge in [0, 0.05) is 5.56 Å². The Morgan fingerprint density at radius 3 is 2.54 bits per heavy atom. The first-order chi connectivity index (χ1) is 22.1. The predicted octanol–water partition coefficient (Wildman–Crippen LogP) is 7.82. The number of ether oxygens (including phenoxy) is 3. The van der Waals surface area contributed by atoms with Crippen LogP contribution in [0.25, 0.3) is 22.3 Å². The largest absolute Gasteiger partial charge is 0.496 e. The Morgan fingerprint density at radius 1 is 1.04 bits per heavy atom.